The van der Waals surface area contributed by atoms with E-state index in [1.54, 1.807) is 7.11 Å². The molecule has 1 aromatic carbocycles. The number of anilines is 1. The topological polar surface area (TPSA) is 78.9 Å². The standard InChI is InChI=1S/C14H19N5O/c1-3-14(7-4-8-14)19-13(16-17-18-19)11-9-10(15)5-6-12(11)20-2/h5-6,9H,3-4,7-8,15H2,1-2H3. The first-order chi connectivity index (χ1) is 9.70. The van der Waals surface area contributed by atoms with Crippen molar-refractivity contribution in [1.82, 2.24) is 20.2 Å². The zero-order valence-corrected chi connectivity index (χ0v) is 11.8. The van der Waals surface area contributed by atoms with Crippen molar-refractivity contribution in [2.45, 2.75) is 38.1 Å². The van der Waals surface area contributed by atoms with Gasteiger partial charge in [0.15, 0.2) is 5.82 Å². The van der Waals surface area contributed by atoms with Gasteiger partial charge < -0.3 is 10.5 Å². The van der Waals surface area contributed by atoms with E-state index in [1.807, 2.05) is 22.9 Å². The molecule has 0 unspecified atom stereocenters. The van der Waals surface area contributed by atoms with Crippen molar-refractivity contribution in [1.29, 1.82) is 0 Å². The second-order valence-electron chi connectivity index (χ2n) is 5.31. The fourth-order valence-electron chi connectivity index (χ4n) is 2.87. The molecule has 1 heterocycles. The summed E-state index contributed by atoms with van der Waals surface area (Å²) in [7, 11) is 1.64. The maximum absolute atomic E-state index is 5.89. The molecule has 1 aliphatic rings. The highest BCUT2D eigenvalue weighted by Gasteiger charge is 2.40. The molecule has 106 valence electrons. The number of ether oxygens (including phenoxy) is 1. The predicted octanol–water partition coefficient (Wildman–Crippen LogP) is 2.22. The molecule has 0 aliphatic heterocycles. The predicted molar refractivity (Wildman–Crippen MR) is 76.3 cm³/mol. The average Bonchev–Trinajstić information content (AvgIpc) is 2.88. The van der Waals surface area contributed by atoms with Gasteiger partial charge in [-0.05, 0) is 54.3 Å². The van der Waals surface area contributed by atoms with Crippen LogP contribution in [-0.2, 0) is 5.54 Å². The Bertz CT molecular complexity index is 612. The van der Waals surface area contributed by atoms with Gasteiger partial charge >= 0.3 is 0 Å². The highest BCUT2D eigenvalue weighted by molar-refractivity contribution is 5.69. The third kappa shape index (κ3) is 1.83. The number of nitrogens with two attached hydrogens (primary N) is 1. The normalized spacial score (nSPS) is 16.7. The Balaban J connectivity index is 2.12. The first kappa shape index (κ1) is 12.9. The quantitative estimate of drug-likeness (QED) is 0.864. The molecular weight excluding hydrogens is 254 g/mol. The maximum atomic E-state index is 5.89. The molecular formula is C14H19N5O. The van der Waals surface area contributed by atoms with Crippen molar-refractivity contribution in [2.24, 2.45) is 0 Å². The van der Waals surface area contributed by atoms with Crippen LogP contribution in [0, 0.1) is 0 Å². The molecule has 6 nitrogen and oxygen atoms in total. The van der Waals surface area contributed by atoms with Gasteiger partial charge in [0.05, 0.1) is 18.2 Å². The number of nitrogens with zero attached hydrogens (tertiary/aromatic N) is 4. The van der Waals surface area contributed by atoms with Crippen LogP contribution in [0.4, 0.5) is 5.69 Å². The number of rotatable bonds is 4. The second kappa shape index (κ2) is 4.77. The summed E-state index contributed by atoms with van der Waals surface area (Å²) < 4.78 is 7.36. The monoisotopic (exact) mass is 273 g/mol. The van der Waals surface area contributed by atoms with Gasteiger partial charge in [-0.15, -0.1) is 5.10 Å². The molecule has 0 spiro atoms. The molecule has 1 aliphatic carbocycles. The van der Waals surface area contributed by atoms with Crippen LogP contribution in [0.5, 0.6) is 5.75 Å². The highest BCUT2D eigenvalue weighted by Crippen LogP contribution is 2.44. The Kier molecular flexibility index (Phi) is 3.08. The van der Waals surface area contributed by atoms with Crippen LogP contribution < -0.4 is 10.5 Å². The molecule has 0 saturated heterocycles. The van der Waals surface area contributed by atoms with Crippen LogP contribution >= 0.6 is 0 Å². The Hall–Kier alpha value is -2.11. The lowest BCUT2D eigenvalue weighted by Crippen LogP contribution is -2.41. The smallest absolute Gasteiger partial charge is 0.186 e. The van der Waals surface area contributed by atoms with Crippen molar-refractivity contribution in [3.05, 3.63) is 18.2 Å². The summed E-state index contributed by atoms with van der Waals surface area (Å²) in [4.78, 5) is 0. The third-order valence-electron chi connectivity index (χ3n) is 4.33. The van der Waals surface area contributed by atoms with Crippen LogP contribution in [0.15, 0.2) is 18.2 Å². The Morgan fingerprint density at radius 3 is 2.80 bits per heavy atom. The molecule has 0 radical (unpaired) electrons. The van der Waals surface area contributed by atoms with E-state index in [0.717, 1.165) is 36.4 Å². The fourth-order valence-corrected chi connectivity index (χ4v) is 2.87. The number of hydrogen-bond acceptors (Lipinski definition) is 5. The number of hydrogen-bond donors (Lipinski definition) is 1. The summed E-state index contributed by atoms with van der Waals surface area (Å²) in [5, 5.41) is 12.3. The second-order valence-corrected chi connectivity index (χ2v) is 5.31. The van der Waals surface area contributed by atoms with Crippen molar-refractivity contribution >= 4 is 5.69 Å². The van der Waals surface area contributed by atoms with E-state index in [2.05, 4.69) is 22.4 Å². The minimum absolute atomic E-state index is 0.0500. The van der Waals surface area contributed by atoms with E-state index in [9.17, 15) is 0 Å². The fraction of sp³-hybridized carbons (Fsp3) is 0.500. The average molecular weight is 273 g/mol. The van der Waals surface area contributed by atoms with Gasteiger partial charge in [0.1, 0.15) is 5.75 Å². The van der Waals surface area contributed by atoms with Crippen molar-refractivity contribution < 1.29 is 4.74 Å². The number of methoxy groups -OCH3 is 1. The van der Waals surface area contributed by atoms with Gasteiger partial charge in [0.2, 0.25) is 0 Å². The molecule has 6 heteroatoms. The summed E-state index contributed by atoms with van der Waals surface area (Å²) in [5.41, 5.74) is 7.46. The Morgan fingerprint density at radius 2 is 2.20 bits per heavy atom. The highest BCUT2D eigenvalue weighted by atomic mass is 16.5. The zero-order chi connectivity index (χ0) is 14.2. The van der Waals surface area contributed by atoms with E-state index in [0.29, 0.717) is 5.69 Å². The molecule has 20 heavy (non-hydrogen) atoms. The summed E-state index contributed by atoms with van der Waals surface area (Å²) in [5.74, 6) is 1.47. The van der Waals surface area contributed by atoms with Crippen LogP contribution in [-0.4, -0.2) is 27.3 Å². The minimum atomic E-state index is 0.0500. The molecule has 2 aromatic rings. The lowest BCUT2D eigenvalue weighted by molar-refractivity contribution is 0.118. The molecule has 2 N–H and O–H groups in total. The first-order valence-corrected chi connectivity index (χ1v) is 6.93. The van der Waals surface area contributed by atoms with Crippen LogP contribution in [0.3, 0.4) is 0 Å². The molecule has 1 aromatic heterocycles. The minimum Gasteiger partial charge on any atom is -0.496 e. The van der Waals surface area contributed by atoms with Gasteiger partial charge in [-0.25, -0.2) is 4.68 Å². The van der Waals surface area contributed by atoms with Crippen molar-refractivity contribution in [3.63, 3.8) is 0 Å². The summed E-state index contributed by atoms with van der Waals surface area (Å²) in [6, 6.07) is 5.53. The van der Waals surface area contributed by atoms with Gasteiger partial charge in [0, 0.05) is 5.69 Å². The van der Waals surface area contributed by atoms with Crippen molar-refractivity contribution in [2.75, 3.05) is 12.8 Å². The molecule has 0 amide bonds. The van der Waals surface area contributed by atoms with Crippen molar-refractivity contribution in [3.8, 4) is 17.1 Å². The number of tetrazole rings is 1. The first-order valence-electron chi connectivity index (χ1n) is 6.93. The SMILES string of the molecule is CCC1(n2nnnc2-c2cc(N)ccc2OC)CCC1. The summed E-state index contributed by atoms with van der Waals surface area (Å²) in [6.45, 7) is 2.18. The summed E-state index contributed by atoms with van der Waals surface area (Å²) in [6.07, 6.45) is 4.48. The molecule has 1 fully saturated rings. The number of benzene rings is 1. The molecule has 1 saturated carbocycles. The van der Waals surface area contributed by atoms with E-state index >= 15 is 0 Å². The largest absolute Gasteiger partial charge is 0.496 e. The third-order valence-corrected chi connectivity index (χ3v) is 4.33. The lowest BCUT2D eigenvalue weighted by atomic mass is 9.75. The molecule has 0 atom stereocenters. The van der Waals surface area contributed by atoms with E-state index in [1.165, 1.54) is 6.42 Å². The van der Waals surface area contributed by atoms with Gasteiger partial charge in [-0.1, -0.05) is 6.92 Å². The van der Waals surface area contributed by atoms with Crippen LogP contribution in [0.1, 0.15) is 32.6 Å². The van der Waals surface area contributed by atoms with Gasteiger partial charge in [-0.3, -0.25) is 0 Å². The van der Waals surface area contributed by atoms with Gasteiger partial charge in [-0.2, -0.15) is 0 Å². The van der Waals surface area contributed by atoms with E-state index in [-0.39, 0.29) is 5.54 Å². The molecule has 0 bridgehead atoms. The molecule has 3 rings (SSSR count). The van der Waals surface area contributed by atoms with Crippen LogP contribution in [0.2, 0.25) is 0 Å². The van der Waals surface area contributed by atoms with E-state index < -0.39 is 0 Å². The zero-order valence-electron chi connectivity index (χ0n) is 11.8. The van der Waals surface area contributed by atoms with E-state index in [4.69, 9.17) is 10.5 Å². The lowest BCUT2D eigenvalue weighted by Gasteiger charge is -2.41. The number of aromatic nitrogens is 4. The summed E-state index contributed by atoms with van der Waals surface area (Å²) >= 11 is 0. The van der Waals surface area contributed by atoms with Gasteiger partial charge in [0.25, 0.3) is 0 Å². The maximum Gasteiger partial charge on any atom is 0.186 e. The Labute approximate surface area is 117 Å². The number of nitrogen functional groups attached to an aromatic ring is 1. The van der Waals surface area contributed by atoms with Crippen LogP contribution in [0.25, 0.3) is 11.4 Å². The Morgan fingerprint density at radius 1 is 1.40 bits per heavy atom.